The molecule has 2 saturated heterocycles. The lowest BCUT2D eigenvalue weighted by Gasteiger charge is -2.44. The summed E-state index contributed by atoms with van der Waals surface area (Å²) in [5.74, 6) is 0. The first-order valence-corrected chi connectivity index (χ1v) is 8.71. The molecule has 0 saturated carbocycles. The lowest BCUT2D eigenvalue weighted by atomic mass is 9.79. The Morgan fingerprint density at radius 2 is 1.81 bits per heavy atom. The molecular weight excluding hydrogens is 262 g/mol. The van der Waals surface area contributed by atoms with Crippen molar-refractivity contribution in [2.75, 3.05) is 53.5 Å². The minimum atomic E-state index is 0.424. The van der Waals surface area contributed by atoms with Gasteiger partial charge in [0.15, 0.2) is 0 Å². The molecule has 0 spiro atoms. The lowest BCUT2D eigenvalue weighted by molar-refractivity contribution is -0.0115. The Morgan fingerprint density at radius 3 is 2.33 bits per heavy atom. The van der Waals surface area contributed by atoms with Crippen LogP contribution in [0.4, 0.5) is 0 Å². The molecule has 0 amide bonds. The van der Waals surface area contributed by atoms with Crippen LogP contribution in [-0.2, 0) is 4.74 Å². The van der Waals surface area contributed by atoms with Gasteiger partial charge in [0.2, 0.25) is 0 Å². The van der Waals surface area contributed by atoms with Crippen molar-refractivity contribution in [2.24, 2.45) is 5.41 Å². The van der Waals surface area contributed by atoms with Gasteiger partial charge in [-0.2, -0.15) is 0 Å². The molecule has 4 heteroatoms. The highest BCUT2D eigenvalue weighted by atomic mass is 16.5. The average molecular weight is 297 g/mol. The van der Waals surface area contributed by atoms with Crippen LogP contribution < -0.4 is 5.32 Å². The van der Waals surface area contributed by atoms with Gasteiger partial charge in [-0.3, -0.25) is 0 Å². The maximum absolute atomic E-state index is 5.62. The molecule has 124 valence electrons. The summed E-state index contributed by atoms with van der Waals surface area (Å²) in [6, 6.07) is 1.35. The quantitative estimate of drug-likeness (QED) is 0.809. The summed E-state index contributed by atoms with van der Waals surface area (Å²) in [7, 11) is 4.43. The second kappa shape index (κ2) is 7.91. The molecular formula is C17H35N3O. The Balaban J connectivity index is 1.87. The smallest absolute Gasteiger partial charge is 0.0472 e. The van der Waals surface area contributed by atoms with Crippen molar-refractivity contribution in [3.05, 3.63) is 0 Å². The van der Waals surface area contributed by atoms with E-state index in [2.05, 4.69) is 43.1 Å². The molecule has 21 heavy (non-hydrogen) atoms. The number of ether oxygens (including phenoxy) is 1. The van der Waals surface area contributed by atoms with E-state index in [0.717, 1.165) is 25.8 Å². The number of rotatable bonds is 6. The third-order valence-corrected chi connectivity index (χ3v) is 5.29. The first kappa shape index (κ1) is 17.2. The van der Waals surface area contributed by atoms with Gasteiger partial charge in [-0.15, -0.1) is 0 Å². The fraction of sp³-hybridized carbons (Fsp3) is 1.00. The van der Waals surface area contributed by atoms with Gasteiger partial charge in [-0.1, -0.05) is 13.8 Å². The lowest BCUT2D eigenvalue weighted by Crippen LogP contribution is -2.51. The van der Waals surface area contributed by atoms with E-state index in [1.807, 2.05) is 0 Å². The van der Waals surface area contributed by atoms with Crippen molar-refractivity contribution in [1.82, 2.24) is 15.1 Å². The Kier molecular flexibility index (Phi) is 6.48. The predicted molar refractivity (Wildman–Crippen MR) is 88.8 cm³/mol. The van der Waals surface area contributed by atoms with Crippen molar-refractivity contribution in [2.45, 2.75) is 51.6 Å². The molecule has 1 N–H and O–H groups in total. The summed E-state index contributed by atoms with van der Waals surface area (Å²) in [5.41, 5.74) is 0.424. The van der Waals surface area contributed by atoms with Crippen molar-refractivity contribution in [3.8, 4) is 0 Å². The second-order valence-corrected chi connectivity index (χ2v) is 7.62. The molecule has 2 fully saturated rings. The summed E-state index contributed by atoms with van der Waals surface area (Å²) in [6.07, 6.45) is 5.05. The van der Waals surface area contributed by atoms with Gasteiger partial charge >= 0.3 is 0 Å². The maximum atomic E-state index is 5.62. The van der Waals surface area contributed by atoms with E-state index < -0.39 is 0 Å². The molecule has 4 nitrogen and oxygen atoms in total. The van der Waals surface area contributed by atoms with E-state index >= 15 is 0 Å². The molecule has 0 radical (unpaired) electrons. The monoisotopic (exact) mass is 297 g/mol. The second-order valence-electron chi connectivity index (χ2n) is 7.62. The first-order chi connectivity index (χ1) is 10.0. The summed E-state index contributed by atoms with van der Waals surface area (Å²) in [5, 5.41) is 3.68. The van der Waals surface area contributed by atoms with Crippen LogP contribution >= 0.6 is 0 Å². The Hall–Kier alpha value is -0.160. The van der Waals surface area contributed by atoms with Crippen molar-refractivity contribution in [1.29, 1.82) is 0 Å². The zero-order chi connectivity index (χ0) is 15.3. The topological polar surface area (TPSA) is 27.7 Å². The van der Waals surface area contributed by atoms with Crippen LogP contribution in [0.5, 0.6) is 0 Å². The van der Waals surface area contributed by atoms with E-state index in [1.165, 1.54) is 45.3 Å². The fourth-order valence-corrected chi connectivity index (χ4v) is 3.68. The van der Waals surface area contributed by atoms with Crippen molar-refractivity contribution >= 4 is 0 Å². The van der Waals surface area contributed by atoms with Crippen LogP contribution in [0.1, 0.15) is 39.5 Å². The molecule has 0 aromatic rings. The fourth-order valence-electron chi connectivity index (χ4n) is 3.68. The molecule has 0 aromatic carbocycles. The van der Waals surface area contributed by atoms with E-state index in [1.54, 1.807) is 0 Å². The third-order valence-electron chi connectivity index (χ3n) is 5.29. The number of hydrogen-bond donors (Lipinski definition) is 1. The van der Waals surface area contributed by atoms with E-state index in [4.69, 9.17) is 4.74 Å². The number of nitrogens with zero attached hydrogens (tertiary/aromatic N) is 2. The van der Waals surface area contributed by atoms with Crippen LogP contribution in [0.2, 0.25) is 0 Å². The van der Waals surface area contributed by atoms with Crippen LogP contribution in [0.15, 0.2) is 0 Å². The van der Waals surface area contributed by atoms with Gasteiger partial charge in [0, 0.05) is 38.4 Å². The Bertz CT molecular complexity index is 292. The van der Waals surface area contributed by atoms with Gasteiger partial charge in [-0.25, -0.2) is 0 Å². The van der Waals surface area contributed by atoms with Gasteiger partial charge in [-0.05, 0) is 58.3 Å². The summed E-state index contributed by atoms with van der Waals surface area (Å²) >= 11 is 0. The van der Waals surface area contributed by atoms with E-state index in [9.17, 15) is 0 Å². The maximum Gasteiger partial charge on any atom is 0.0472 e. The number of hydrogen-bond acceptors (Lipinski definition) is 4. The summed E-state index contributed by atoms with van der Waals surface area (Å²) < 4.78 is 5.62. The largest absolute Gasteiger partial charge is 0.381 e. The molecule has 2 rings (SSSR count). The van der Waals surface area contributed by atoms with Crippen LogP contribution in [0.3, 0.4) is 0 Å². The molecule has 2 heterocycles. The van der Waals surface area contributed by atoms with Crippen LogP contribution in [0.25, 0.3) is 0 Å². The SMILES string of the molecule is CC(C)NCC1(CN2CCC(N(C)C)CC2)CCOCC1. The zero-order valence-electron chi connectivity index (χ0n) is 14.5. The molecule has 0 unspecified atom stereocenters. The van der Waals surface area contributed by atoms with Crippen LogP contribution in [-0.4, -0.2) is 75.4 Å². The predicted octanol–water partition coefficient (Wildman–Crippen LogP) is 1.81. The zero-order valence-corrected chi connectivity index (χ0v) is 14.5. The number of likely N-dealkylation sites (tertiary alicyclic amines) is 1. The molecule has 0 aliphatic carbocycles. The van der Waals surface area contributed by atoms with Crippen molar-refractivity contribution in [3.63, 3.8) is 0 Å². The highest BCUT2D eigenvalue weighted by Gasteiger charge is 2.35. The van der Waals surface area contributed by atoms with E-state index in [0.29, 0.717) is 11.5 Å². The van der Waals surface area contributed by atoms with Gasteiger partial charge in [0.25, 0.3) is 0 Å². The standard InChI is InChI=1S/C17H35N3O/c1-15(2)18-13-17(7-11-21-12-8-17)14-20-9-5-16(6-10-20)19(3)4/h15-16,18H,5-14H2,1-4H3. The minimum absolute atomic E-state index is 0.424. The normalized spacial score (nSPS) is 24.9. The molecule has 0 aromatic heterocycles. The molecule has 2 aliphatic heterocycles. The Morgan fingerprint density at radius 1 is 1.19 bits per heavy atom. The van der Waals surface area contributed by atoms with Gasteiger partial charge in [0.1, 0.15) is 0 Å². The van der Waals surface area contributed by atoms with E-state index in [-0.39, 0.29) is 0 Å². The molecule has 0 atom stereocenters. The van der Waals surface area contributed by atoms with Gasteiger partial charge in [0.05, 0.1) is 0 Å². The third kappa shape index (κ3) is 5.20. The van der Waals surface area contributed by atoms with Crippen LogP contribution in [0, 0.1) is 5.41 Å². The first-order valence-electron chi connectivity index (χ1n) is 8.71. The molecule has 2 aliphatic rings. The van der Waals surface area contributed by atoms with Crippen molar-refractivity contribution < 1.29 is 4.74 Å². The highest BCUT2D eigenvalue weighted by Crippen LogP contribution is 2.32. The summed E-state index contributed by atoms with van der Waals surface area (Å²) in [6.45, 7) is 11.3. The average Bonchev–Trinajstić information content (AvgIpc) is 2.47. The van der Waals surface area contributed by atoms with Gasteiger partial charge < -0.3 is 19.9 Å². The number of piperidine rings is 1. The molecule has 0 bridgehead atoms. The highest BCUT2D eigenvalue weighted by molar-refractivity contribution is 4.89. The Labute approximate surface area is 131 Å². The number of nitrogens with one attached hydrogen (secondary N) is 1. The summed E-state index contributed by atoms with van der Waals surface area (Å²) in [4.78, 5) is 5.09. The minimum Gasteiger partial charge on any atom is -0.381 e.